The van der Waals surface area contributed by atoms with E-state index >= 15 is 0 Å². The average Bonchev–Trinajstić information content (AvgIpc) is 3.12. The van der Waals surface area contributed by atoms with E-state index in [9.17, 15) is 9.59 Å². The minimum Gasteiger partial charge on any atom is -0.371 e. The minimum absolute atomic E-state index is 0.0378. The molecule has 0 aliphatic carbocycles. The number of imide groups is 1. The molecule has 2 unspecified atom stereocenters. The van der Waals surface area contributed by atoms with Crippen molar-refractivity contribution < 1.29 is 19.1 Å². The van der Waals surface area contributed by atoms with E-state index in [1.54, 1.807) is 18.7 Å². The number of hydrogen-bond donors (Lipinski definition) is 0. The Labute approximate surface area is 99.4 Å². The normalized spacial score (nSPS) is 34.5. The molecule has 0 aromatic rings. The quantitative estimate of drug-likeness (QED) is 0.505. The first-order chi connectivity index (χ1) is 8.00. The molecule has 3 amide bonds. The third-order valence-electron chi connectivity index (χ3n) is 3.48. The fraction of sp³-hybridized carbons (Fsp3) is 0.818. The Balaban J connectivity index is 1.77. The number of carbonyl (C=O) groups is 2. The molecule has 3 rings (SSSR count). The van der Waals surface area contributed by atoms with E-state index in [4.69, 9.17) is 9.47 Å². The summed E-state index contributed by atoms with van der Waals surface area (Å²) in [6, 6.07) is -0.217. The number of nitrogens with zero attached hydrogens (tertiary/aromatic N) is 2. The van der Waals surface area contributed by atoms with Gasteiger partial charge in [0.05, 0.1) is 38.5 Å². The predicted molar refractivity (Wildman–Crippen MR) is 57.4 cm³/mol. The minimum atomic E-state index is -0.766. The molecule has 0 saturated carbocycles. The smallest absolute Gasteiger partial charge is 0.327 e. The second kappa shape index (κ2) is 3.43. The summed E-state index contributed by atoms with van der Waals surface area (Å²) in [5.74, 6) is -0.140. The van der Waals surface area contributed by atoms with Gasteiger partial charge in [-0.15, -0.1) is 0 Å². The molecule has 17 heavy (non-hydrogen) atoms. The van der Waals surface area contributed by atoms with Gasteiger partial charge in [-0.1, -0.05) is 0 Å². The van der Waals surface area contributed by atoms with Gasteiger partial charge in [0.2, 0.25) is 0 Å². The van der Waals surface area contributed by atoms with Crippen molar-refractivity contribution in [2.24, 2.45) is 0 Å². The van der Waals surface area contributed by atoms with Gasteiger partial charge >= 0.3 is 6.03 Å². The van der Waals surface area contributed by atoms with E-state index in [0.717, 1.165) is 0 Å². The van der Waals surface area contributed by atoms with Gasteiger partial charge in [-0.3, -0.25) is 9.69 Å². The summed E-state index contributed by atoms with van der Waals surface area (Å²) in [6.45, 7) is 5.76. The van der Waals surface area contributed by atoms with Crippen LogP contribution in [0.3, 0.4) is 0 Å². The molecular formula is C11H16N2O4. The van der Waals surface area contributed by atoms with Crippen LogP contribution in [0.5, 0.6) is 0 Å². The summed E-state index contributed by atoms with van der Waals surface area (Å²) >= 11 is 0. The van der Waals surface area contributed by atoms with Crippen LogP contribution in [0.15, 0.2) is 0 Å². The van der Waals surface area contributed by atoms with Crippen LogP contribution in [0.2, 0.25) is 0 Å². The molecule has 0 bridgehead atoms. The van der Waals surface area contributed by atoms with Crippen molar-refractivity contribution in [3.05, 3.63) is 0 Å². The number of epoxide rings is 2. The lowest BCUT2D eigenvalue weighted by atomic mass is 10.0. The van der Waals surface area contributed by atoms with E-state index in [1.807, 2.05) is 0 Å². The highest BCUT2D eigenvalue weighted by molar-refractivity contribution is 6.06. The Hall–Kier alpha value is -1.14. The molecule has 3 aliphatic heterocycles. The first kappa shape index (κ1) is 11.0. The zero-order chi connectivity index (χ0) is 12.2. The van der Waals surface area contributed by atoms with Crippen molar-refractivity contribution in [1.29, 1.82) is 0 Å². The van der Waals surface area contributed by atoms with Crippen molar-refractivity contribution in [2.75, 3.05) is 26.3 Å². The Morgan fingerprint density at radius 3 is 2.24 bits per heavy atom. The standard InChI is InChI=1S/C11H16N2O4/c1-11(2)9(14)12(3-7-5-16-7)10(15)13(11)4-8-6-17-8/h7-8H,3-6H2,1-2H3. The van der Waals surface area contributed by atoms with Crippen LogP contribution in [0, 0.1) is 0 Å². The lowest BCUT2D eigenvalue weighted by molar-refractivity contribution is -0.132. The molecule has 6 nitrogen and oxygen atoms in total. The Morgan fingerprint density at radius 2 is 1.71 bits per heavy atom. The fourth-order valence-electron chi connectivity index (χ4n) is 2.14. The Kier molecular flexibility index (Phi) is 2.21. The topological polar surface area (TPSA) is 65.7 Å². The van der Waals surface area contributed by atoms with Gasteiger partial charge in [-0.05, 0) is 13.8 Å². The predicted octanol–water partition coefficient (Wildman–Crippen LogP) is -0.173. The number of hydrogen-bond acceptors (Lipinski definition) is 4. The van der Waals surface area contributed by atoms with Crippen molar-refractivity contribution in [2.45, 2.75) is 31.6 Å². The molecule has 0 aromatic carbocycles. The molecular weight excluding hydrogens is 224 g/mol. The van der Waals surface area contributed by atoms with Gasteiger partial charge in [-0.25, -0.2) is 4.79 Å². The molecule has 3 heterocycles. The maximum absolute atomic E-state index is 12.2. The van der Waals surface area contributed by atoms with Crippen LogP contribution < -0.4 is 0 Å². The van der Waals surface area contributed by atoms with Gasteiger partial charge in [-0.2, -0.15) is 0 Å². The Bertz CT molecular complexity index is 374. The molecule has 94 valence electrons. The summed E-state index contributed by atoms with van der Waals surface area (Å²) < 4.78 is 10.2. The fourth-order valence-corrected chi connectivity index (χ4v) is 2.14. The molecule has 0 aromatic heterocycles. The zero-order valence-electron chi connectivity index (χ0n) is 10.0. The first-order valence-corrected chi connectivity index (χ1v) is 5.87. The van der Waals surface area contributed by atoms with Gasteiger partial charge < -0.3 is 14.4 Å². The number of rotatable bonds is 4. The van der Waals surface area contributed by atoms with E-state index < -0.39 is 5.54 Å². The summed E-state index contributed by atoms with van der Waals surface area (Å²) in [7, 11) is 0. The van der Waals surface area contributed by atoms with E-state index in [1.165, 1.54) is 4.90 Å². The highest BCUT2D eigenvalue weighted by atomic mass is 16.6. The van der Waals surface area contributed by atoms with E-state index in [2.05, 4.69) is 0 Å². The second-order valence-electron chi connectivity index (χ2n) is 5.28. The lowest BCUT2D eigenvalue weighted by Crippen LogP contribution is -2.45. The first-order valence-electron chi connectivity index (χ1n) is 5.87. The highest BCUT2D eigenvalue weighted by Crippen LogP contribution is 2.30. The van der Waals surface area contributed by atoms with Gasteiger partial charge in [0, 0.05) is 0 Å². The van der Waals surface area contributed by atoms with Crippen molar-refractivity contribution in [1.82, 2.24) is 9.80 Å². The lowest BCUT2D eigenvalue weighted by Gasteiger charge is -2.26. The van der Waals surface area contributed by atoms with Crippen molar-refractivity contribution in [3.63, 3.8) is 0 Å². The van der Waals surface area contributed by atoms with Crippen LogP contribution in [0.1, 0.15) is 13.8 Å². The zero-order valence-corrected chi connectivity index (χ0v) is 10.0. The van der Waals surface area contributed by atoms with E-state index in [-0.39, 0.29) is 24.1 Å². The van der Waals surface area contributed by atoms with E-state index in [0.29, 0.717) is 26.3 Å². The molecule has 0 radical (unpaired) electrons. The monoisotopic (exact) mass is 240 g/mol. The highest BCUT2D eigenvalue weighted by Gasteiger charge is 2.53. The molecule has 6 heteroatoms. The largest absolute Gasteiger partial charge is 0.371 e. The van der Waals surface area contributed by atoms with Crippen LogP contribution in [0.4, 0.5) is 4.79 Å². The number of carbonyl (C=O) groups excluding carboxylic acids is 2. The summed E-state index contributed by atoms with van der Waals surface area (Å²) in [4.78, 5) is 27.3. The molecule has 3 aliphatic rings. The Morgan fingerprint density at radius 1 is 1.18 bits per heavy atom. The maximum atomic E-state index is 12.2. The third kappa shape index (κ3) is 1.81. The molecule has 2 atom stereocenters. The van der Waals surface area contributed by atoms with Crippen LogP contribution in [-0.4, -0.2) is 65.8 Å². The average molecular weight is 240 g/mol. The SMILES string of the molecule is CC1(C)C(=O)N(CC2CO2)C(=O)N1CC1CO1. The third-order valence-corrected chi connectivity index (χ3v) is 3.48. The molecule has 0 N–H and O–H groups in total. The van der Waals surface area contributed by atoms with Crippen LogP contribution in [0.25, 0.3) is 0 Å². The number of urea groups is 1. The second-order valence-corrected chi connectivity index (χ2v) is 5.28. The van der Waals surface area contributed by atoms with Gasteiger partial charge in [0.1, 0.15) is 5.54 Å². The molecule has 3 saturated heterocycles. The molecule has 0 spiro atoms. The van der Waals surface area contributed by atoms with Gasteiger partial charge in [0.25, 0.3) is 5.91 Å². The number of amides is 3. The summed E-state index contributed by atoms with van der Waals surface area (Å²) in [5.41, 5.74) is -0.766. The van der Waals surface area contributed by atoms with Gasteiger partial charge in [0.15, 0.2) is 0 Å². The number of ether oxygens (including phenoxy) is 2. The summed E-state index contributed by atoms with van der Waals surface area (Å²) in [5, 5.41) is 0. The summed E-state index contributed by atoms with van der Waals surface area (Å²) in [6.07, 6.45) is 0.138. The van der Waals surface area contributed by atoms with Crippen molar-refractivity contribution >= 4 is 11.9 Å². The van der Waals surface area contributed by atoms with Crippen LogP contribution >= 0.6 is 0 Å². The van der Waals surface area contributed by atoms with Crippen molar-refractivity contribution in [3.8, 4) is 0 Å². The maximum Gasteiger partial charge on any atom is 0.327 e. The molecule has 3 fully saturated rings. The van der Waals surface area contributed by atoms with Crippen LogP contribution in [-0.2, 0) is 14.3 Å².